The number of carbonyl (C=O) groups is 2. The molecule has 0 radical (unpaired) electrons. The van der Waals surface area contributed by atoms with Gasteiger partial charge >= 0.3 is 5.97 Å². The molecule has 1 aliphatic rings. The highest BCUT2D eigenvalue weighted by atomic mass is 35.5. The fourth-order valence-electron chi connectivity index (χ4n) is 1.87. The molecular weight excluding hydrogens is 384 g/mol. The molecule has 0 saturated carbocycles. The number of hydrogen-bond acceptors (Lipinski definition) is 4. The maximum absolute atomic E-state index is 13.5. The van der Waals surface area contributed by atoms with Crippen LogP contribution in [0.25, 0.3) is 6.08 Å². The smallest absolute Gasteiger partial charge is 0.303 e. The van der Waals surface area contributed by atoms with Crippen LogP contribution in [0.4, 0.5) is 4.39 Å². The van der Waals surface area contributed by atoms with Crippen molar-refractivity contribution in [1.29, 1.82) is 0 Å². The van der Waals surface area contributed by atoms with Crippen LogP contribution in [0.15, 0.2) is 17.0 Å². The average Bonchev–Trinajstić information content (AvgIpc) is 2.72. The minimum atomic E-state index is -0.936. The standard InChI is InChI=1S/C14H10Cl2FNO3S2/c15-8-6-9(16)10(17)4-7(8)5-11-13(21)18(14(22)23-11)3-1-2-12(19)20/h4-6H,1-3H2,(H,19,20). The summed E-state index contributed by atoms with van der Waals surface area (Å²) in [5.74, 6) is -1.93. The second-order valence-corrected chi connectivity index (χ2v) is 7.11. The lowest BCUT2D eigenvalue weighted by Crippen LogP contribution is -2.29. The molecule has 1 saturated heterocycles. The van der Waals surface area contributed by atoms with Gasteiger partial charge in [0.05, 0.1) is 9.93 Å². The lowest BCUT2D eigenvalue weighted by atomic mass is 10.2. The van der Waals surface area contributed by atoms with E-state index >= 15 is 0 Å². The van der Waals surface area contributed by atoms with Gasteiger partial charge in [-0.3, -0.25) is 14.5 Å². The average molecular weight is 394 g/mol. The second-order valence-electron chi connectivity index (χ2n) is 4.62. The highest BCUT2D eigenvalue weighted by molar-refractivity contribution is 8.26. The van der Waals surface area contributed by atoms with E-state index in [1.165, 1.54) is 17.0 Å². The first-order chi connectivity index (χ1) is 10.8. The SMILES string of the molecule is O=C(O)CCCN1C(=O)C(=Cc2cc(F)c(Cl)cc2Cl)SC1=S. The molecule has 1 fully saturated rings. The first-order valence-corrected chi connectivity index (χ1v) is 8.39. The van der Waals surface area contributed by atoms with E-state index < -0.39 is 11.8 Å². The van der Waals surface area contributed by atoms with E-state index in [2.05, 4.69) is 0 Å². The largest absolute Gasteiger partial charge is 0.481 e. The van der Waals surface area contributed by atoms with Gasteiger partial charge in [-0.25, -0.2) is 4.39 Å². The second kappa shape index (κ2) is 7.61. The molecule has 1 amide bonds. The molecular formula is C14H10Cl2FNO3S2. The van der Waals surface area contributed by atoms with E-state index in [1.807, 2.05) is 0 Å². The van der Waals surface area contributed by atoms with Crippen molar-refractivity contribution >= 4 is 69.5 Å². The number of carboxylic acid groups (broad SMARTS) is 1. The third kappa shape index (κ3) is 4.44. The minimum Gasteiger partial charge on any atom is -0.481 e. The van der Waals surface area contributed by atoms with Crippen molar-refractivity contribution in [2.75, 3.05) is 6.54 Å². The summed E-state index contributed by atoms with van der Waals surface area (Å²) >= 11 is 17.8. The van der Waals surface area contributed by atoms with E-state index in [0.717, 1.165) is 17.8 Å². The van der Waals surface area contributed by atoms with Crippen LogP contribution >= 0.6 is 47.2 Å². The predicted molar refractivity (Wildman–Crippen MR) is 93.2 cm³/mol. The summed E-state index contributed by atoms with van der Waals surface area (Å²) in [7, 11) is 0. The van der Waals surface area contributed by atoms with Crippen LogP contribution < -0.4 is 0 Å². The Bertz CT molecular complexity index is 724. The molecule has 0 spiro atoms. The molecule has 1 aromatic carbocycles. The Morgan fingerprint density at radius 1 is 1.39 bits per heavy atom. The summed E-state index contributed by atoms with van der Waals surface area (Å²) in [6.45, 7) is 0.219. The van der Waals surface area contributed by atoms with E-state index in [0.29, 0.717) is 21.2 Å². The highest BCUT2D eigenvalue weighted by Gasteiger charge is 2.31. The van der Waals surface area contributed by atoms with Gasteiger partial charge in [0.15, 0.2) is 0 Å². The van der Waals surface area contributed by atoms with Crippen molar-refractivity contribution in [3.8, 4) is 0 Å². The van der Waals surface area contributed by atoms with Gasteiger partial charge < -0.3 is 5.11 Å². The quantitative estimate of drug-likeness (QED) is 0.461. The summed E-state index contributed by atoms with van der Waals surface area (Å²) in [6, 6.07) is 2.40. The van der Waals surface area contributed by atoms with Gasteiger partial charge in [-0.1, -0.05) is 47.2 Å². The number of nitrogens with zero attached hydrogens (tertiary/aromatic N) is 1. The minimum absolute atomic E-state index is 0.0513. The number of carbonyl (C=O) groups excluding carboxylic acids is 1. The predicted octanol–water partition coefficient (Wildman–Crippen LogP) is 4.20. The van der Waals surface area contributed by atoms with Crippen LogP contribution in [0.2, 0.25) is 10.0 Å². The molecule has 122 valence electrons. The zero-order chi connectivity index (χ0) is 17.1. The van der Waals surface area contributed by atoms with Crippen molar-refractivity contribution < 1.29 is 19.1 Å². The Morgan fingerprint density at radius 3 is 2.74 bits per heavy atom. The van der Waals surface area contributed by atoms with Crippen LogP contribution in [0.1, 0.15) is 18.4 Å². The zero-order valence-corrected chi connectivity index (χ0v) is 14.7. The molecule has 0 bridgehead atoms. The van der Waals surface area contributed by atoms with Crippen LogP contribution in [-0.2, 0) is 9.59 Å². The number of carboxylic acids is 1. The molecule has 1 heterocycles. The third-order valence-corrected chi connectivity index (χ3v) is 4.97. The summed E-state index contributed by atoms with van der Waals surface area (Å²) in [5, 5.41) is 8.74. The number of rotatable bonds is 5. The van der Waals surface area contributed by atoms with Gasteiger partial charge in [0.2, 0.25) is 0 Å². The molecule has 0 atom stereocenters. The highest BCUT2D eigenvalue weighted by Crippen LogP contribution is 2.34. The van der Waals surface area contributed by atoms with E-state index in [9.17, 15) is 14.0 Å². The van der Waals surface area contributed by atoms with Gasteiger partial charge in [0.25, 0.3) is 5.91 Å². The van der Waals surface area contributed by atoms with Gasteiger partial charge in [-0.15, -0.1) is 0 Å². The Hall–Kier alpha value is -1.15. The van der Waals surface area contributed by atoms with E-state index in [1.54, 1.807) is 0 Å². The molecule has 1 aliphatic heterocycles. The Labute approximate surface area is 151 Å². The third-order valence-electron chi connectivity index (χ3n) is 2.97. The maximum atomic E-state index is 13.5. The van der Waals surface area contributed by atoms with Crippen LogP contribution in [0.5, 0.6) is 0 Å². The van der Waals surface area contributed by atoms with Gasteiger partial charge in [-0.2, -0.15) is 0 Å². The lowest BCUT2D eigenvalue weighted by molar-refractivity contribution is -0.137. The van der Waals surface area contributed by atoms with Crippen molar-refractivity contribution in [1.82, 2.24) is 4.90 Å². The molecule has 0 aliphatic carbocycles. The molecule has 23 heavy (non-hydrogen) atoms. The zero-order valence-electron chi connectivity index (χ0n) is 11.5. The van der Waals surface area contributed by atoms with E-state index in [4.69, 9.17) is 40.5 Å². The molecule has 9 heteroatoms. The number of aliphatic carboxylic acids is 1. The Balaban J connectivity index is 2.18. The summed E-state index contributed by atoms with van der Waals surface area (Å²) in [4.78, 5) is 24.5. The summed E-state index contributed by atoms with van der Waals surface area (Å²) in [6.07, 6.45) is 1.69. The van der Waals surface area contributed by atoms with Gasteiger partial charge in [-0.05, 0) is 30.2 Å². The molecule has 0 unspecified atom stereocenters. The van der Waals surface area contributed by atoms with Crippen molar-refractivity contribution in [2.24, 2.45) is 0 Å². The topological polar surface area (TPSA) is 57.6 Å². The summed E-state index contributed by atoms with van der Waals surface area (Å²) in [5.41, 5.74) is 0.319. The summed E-state index contributed by atoms with van der Waals surface area (Å²) < 4.78 is 13.9. The van der Waals surface area contributed by atoms with Crippen LogP contribution in [0.3, 0.4) is 0 Å². The number of benzene rings is 1. The molecule has 0 aromatic heterocycles. The Morgan fingerprint density at radius 2 is 2.09 bits per heavy atom. The normalized spacial score (nSPS) is 16.5. The maximum Gasteiger partial charge on any atom is 0.303 e. The first kappa shape index (κ1) is 18.2. The number of hydrogen-bond donors (Lipinski definition) is 1. The molecule has 1 aromatic rings. The fraction of sp³-hybridized carbons (Fsp3) is 0.214. The molecule has 1 N–H and O–H groups in total. The van der Waals surface area contributed by atoms with Gasteiger partial charge in [0, 0.05) is 18.0 Å². The number of thioether (sulfide) groups is 1. The van der Waals surface area contributed by atoms with E-state index in [-0.39, 0.29) is 28.9 Å². The number of thiocarbonyl (C=S) groups is 1. The Kier molecular flexibility index (Phi) is 6.02. The van der Waals surface area contributed by atoms with Crippen molar-refractivity contribution in [3.63, 3.8) is 0 Å². The molecule has 2 rings (SSSR count). The molecule has 4 nitrogen and oxygen atoms in total. The number of halogens is 3. The fourth-order valence-corrected chi connectivity index (χ4v) is 3.61. The van der Waals surface area contributed by atoms with Crippen LogP contribution in [-0.4, -0.2) is 32.7 Å². The van der Waals surface area contributed by atoms with Crippen molar-refractivity contribution in [2.45, 2.75) is 12.8 Å². The van der Waals surface area contributed by atoms with Crippen LogP contribution in [0, 0.1) is 5.82 Å². The van der Waals surface area contributed by atoms with Gasteiger partial charge in [0.1, 0.15) is 10.1 Å². The van der Waals surface area contributed by atoms with Crippen molar-refractivity contribution in [3.05, 3.63) is 38.5 Å². The monoisotopic (exact) mass is 393 g/mol. The lowest BCUT2D eigenvalue weighted by Gasteiger charge is -2.13. The first-order valence-electron chi connectivity index (χ1n) is 6.41. The number of amides is 1.